The molecule has 1 amide bonds. The maximum absolute atomic E-state index is 13.4. The van der Waals surface area contributed by atoms with Crippen molar-refractivity contribution in [2.24, 2.45) is 5.92 Å². The first-order valence-corrected chi connectivity index (χ1v) is 13.6. The predicted molar refractivity (Wildman–Crippen MR) is 125 cm³/mol. The summed E-state index contributed by atoms with van der Waals surface area (Å²) in [4.78, 5) is 17.4. The summed E-state index contributed by atoms with van der Waals surface area (Å²) in [7, 11) is -3.69. The van der Waals surface area contributed by atoms with Crippen molar-refractivity contribution in [1.82, 2.24) is 19.8 Å². The SMILES string of the molecule is CCc1nc(-c2ccc(C)c(S(=O)(=O)N3CCC(C(=O)NC4CCCCCC4)CC3)c2)no1. The first-order chi connectivity index (χ1) is 15.9. The van der Waals surface area contributed by atoms with Gasteiger partial charge < -0.3 is 9.84 Å². The number of carbonyl (C=O) groups is 1. The molecule has 0 atom stereocenters. The lowest BCUT2D eigenvalue weighted by atomic mass is 9.96. The molecule has 2 aromatic rings. The highest BCUT2D eigenvalue weighted by Gasteiger charge is 2.33. The molecule has 1 aromatic carbocycles. The van der Waals surface area contributed by atoms with Crippen LogP contribution in [0.1, 0.15) is 69.7 Å². The lowest BCUT2D eigenvalue weighted by Crippen LogP contribution is -2.45. The number of amides is 1. The Hall–Kier alpha value is -2.26. The quantitative estimate of drug-likeness (QED) is 0.638. The Morgan fingerprint density at radius 3 is 2.45 bits per heavy atom. The fourth-order valence-corrected chi connectivity index (χ4v) is 6.49. The number of nitrogens with zero attached hydrogens (tertiary/aromatic N) is 3. The van der Waals surface area contributed by atoms with Gasteiger partial charge in [0.15, 0.2) is 0 Å². The van der Waals surface area contributed by atoms with Crippen LogP contribution < -0.4 is 5.32 Å². The Kier molecular flexibility index (Phi) is 7.48. The Bertz CT molecular complexity index is 1070. The Balaban J connectivity index is 1.42. The highest BCUT2D eigenvalue weighted by Crippen LogP contribution is 2.29. The van der Waals surface area contributed by atoms with E-state index in [1.54, 1.807) is 19.1 Å². The molecule has 1 saturated heterocycles. The predicted octanol–water partition coefficient (Wildman–Crippen LogP) is 3.85. The van der Waals surface area contributed by atoms with Gasteiger partial charge in [0.2, 0.25) is 27.6 Å². The standard InChI is InChI=1S/C24H34N4O4S/c1-3-22-26-23(27-32-22)19-11-10-17(2)21(16-19)33(30,31)28-14-12-18(13-15-28)24(29)25-20-8-6-4-5-7-9-20/h10-11,16,18,20H,3-9,12-15H2,1-2H3,(H,25,29). The topological polar surface area (TPSA) is 105 Å². The monoisotopic (exact) mass is 474 g/mol. The number of aromatic nitrogens is 2. The number of piperidine rings is 1. The zero-order chi connectivity index (χ0) is 23.4. The molecule has 0 radical (unpaired) electrons. The smallest absolute Gasteiger partial charge is 0.243 e. The number of aryl methyl sites for hydroxylation is 2. The van der Waals surface area contributed by atoms with Gasteiger partial charge in [-0.2, -0.15) is 9.29 Å². The number of benzene rings is 1. The van der Waals surface area contributed by atoms with Crippen LogP contribution in [0.5, 0.6) is 0 Å². The van der Waals surface area contributed by atoms with Crippen molar-refractivity contribution in [1.29, 1.82) is 0 Å². The van der Waals surface area contributed by atoms with Crippen molar-refractivity contribution >= 4 is 15.9 Å². The van der Waals surface area contributed by atoms with Crippen LogP contribution in [0.15, 0.2) is 27.6 Å². The summed E-state index contributed by atoms with van der Waals surface area (Å²) in [6.07, 6.45) is 8.64. The van der Waals surface area contributed by atoms with E-state index >= 15 is 0 Å². The molecule has 1 aromatic heterocycles. The highest BCUT2D eigenvalue weighted by molar-refractivity contribution is 7.89. The van der Waals surface area contributed by atoms with Gasteiger partial charge in [0, 0.05) is 37.0 Å². The number of carbonyl (C=O) groups excluding carboxylic acids is 1. The van der Waals surface area contributed by atoms with Crippen molar-refractivity contribution in [2.45, 2.75) is 82.6 Å². The van der Waals surface area contributed by atoms with E-state index in [1.165, 1.54) is 30.0 Å². The second-order valence-corrected chi connectivity index (χ2v) is 11.1. The number of sulfonamides is 1. The van der Waals surface area contributed by atoms with Gasteiger partial charge in [-0.1, -0.05) is 49.9 Å². The molecule has 0 bridgehead atoms. The highest BCUT2D eigenvalue weighted by atomic mass is 32.2. The van der Waals surface area contributed by atoms with Crippen molar-refractivity contribution < 1.29 is 17.7 Å². The molecule has 1 saturated carbocycles. The fourth-order valence-electron chi connectivity index (χ4n) is 4.77. The second kappa shape index (κ2) is 10.3. The first-order valence-electron chi connectivity index (χ1n) is 12.1. The van der Waals surface area contributed by atoms with Crippen molar-refractivity contribution in [3.63, 3.8) is 0 Å². The molecule has 1 aliphatic heterocycles. The van der Waals surface area contributed by atoms with Gasteiger partial charge in [0.1, 0.15) is 0 Å². The van der Waals surface area contributed by atoms with Crippen molar-refractivity contribution in [3.8, 4) is 11.4 Å². The zero-order valence-electron chi connectivity index (χ0n) is 19.5. The van der Waals surface area contributed by atoms with E-state index in [0.29, 0.717) is 55.2 Å². The minimum absolute atomic E-state index is 0.0842. The molecular weight excluding hydrogens is 440 g/mol. The molecule has 1 N–H and O–H groups in total. The molecular formula is C24H34N4O4S. The summed E-state index contributed by atoms with van der Waals surface area (Å²) in [5.41, 5.74) is 1.28. The normalized spacial score (nSPS) is 19.3. The van der Waals surface area contributed by atoms with E-state index < -0.39 is 10.0 Å². The van der Waals surface area contributed by atoms with Gasteiger partial charge in [0.25, 0.3) is 0 Å². The maximum atomic E-state index is 13.4. The van der Waals surface area contributed by atoms with Crippen LogP contribution in [0.25, 0.3) is 11.4 Å². The minimum Gasteiger partial charge on any atom is -0.353 e. The molecule has 0 spiro atoms. The lowest BCUT2D eigenvalue weighted by molar-refractivity contribution is -0.126. The Morgan fingerprint density at radius 2 is 1.82 bits per heavy atom. The average Bonchev–Trinajstić information content (AvgIpc) is 3.16. The van der Waals surface area contributed by atoms with Crippen LogP contribution in [-0.4, -0.2) is 47.9 Å². The summed E-state index contributed by atoms with van der Waals surface area (Å²) in [5, 5.41) is 7.19. The van der Waals surface area contributed by atoms with E-state index in [-0.39, 0.29) is 22.8 Å². The average molecular weight is 475 g/mol. The van der Waals surface area contributed by atoms with Gasteiger partial charge in [-0.15, -0.1) is 0 Å². The third-order valence-electron chi connectivity index (χ3n) is 6.86. The molecule has 4 rings (SSSR count). The zero-order valence-corrected chi connectivity index (χ0v) is 20.4. The molecule has 8 nitrogen and oxygen atoms in total. The summed E-state index contributed by atoms with van der Waals surface area (Å²) < 4.78 is 33.6. The fraction of sp³-hybridized carbons (Fsp3) is 0.625. The van der Waals surface area contributed by atoms with Crippen LogP contribution >= 0.6 is 0 Å². The van der Waals surface area contributed by atoms with Gasteiger partial charge in [-0.05, 0) is 44.2 Å². The molecule has 33 heavy (non-hydrogen) atoms. The molecule has 1 aliphatic carbocycles. The van der Waals surface area contributed by atoms with Crippen LogP contribution in [0.4, 0.5) is 0 Å². The maximum Gasteiger partial charge on any atom is 0.243 e. The third-order valence-corrected chi connectivity index (χ3v) is 8.90. The van der Waals surface area contributed by atoms with E-state index in [1.807, 2.05) is 13.0 Å². The molecule has 2 aliphatic rings. The molecule has 0 unspecified atom stereocenters. The molecule has 180 valence electrons. The number of rotatable bonds is 6. The van der Waals surface area contributed by atoms with Crippen LogP contribution in [0, 0.1) is 12.8 Å². The van der Waals surface area contributed by atoms with E-state index in [2.05, 4.69) is 15.5 Å². The second-order valence-electron chi connectivity index (χ2n) is 9.22. The summed E-state index contributed by atoms with van der Waals surface area (Å²) in [6, 6.07) is 5.48. The largest absolute Gasteiger partial charge is 0.353 e. The number of hydrogen-bond donors (Lipinski definition) is 1. The molecule has 2 heterocycles. The van der Waals surface area contributed by atoms with Gasteiger partial charge in [-0.25, -0.2) is 8.42 Å². The minimum atomic E-state index is -3.69. The van der Waals surface area contributed by atoms with E-state index in [0.717, 1.165) is 12.8 Å². The summed E-state index contributed by atoms with van der Waals surface area (Å²) >= 11 is 0. The Morgan fingerprint density at radius 1 is 1.12 bits per heavy atom. The summed E-state index contributed by atoms with van der Waals surface area (Å²) in [5.74, 6) is 0.858. The first kappa shape index (κ1) is 23.9. The van der Waals surface area contributed by atoms with Gasteiger partial charge in [0.05, 0.1) is 4.90 Å². The summed E-state index contributed by atoms with van der Waals surface area (Å²) in [6.45, 7) is 4.40. The molecule has 2 fully saturated rings. The van der Waals surface area contributed by atoms with Crippen LogP contribution in [0.3, 0.4) is 0 Å². The van der Waals surface area contributed by atoms with E-state index in [4.69, 9.17) is 4.52 Å². The van der Waals surface area contributed by atoms with Gasteiger partial charge in [-0.3, -0.25) is 4.79 Å². The van der Waals surface area contributed by atoms with Crippen molar-refractivity contribution in [2.75, 3.05) is 13.1 Å². The van der Waals surface area contributed by atoms with Gasteiger partial charge >= 0.3 is 0 Å². The lowest BCUT2D eigenvalue weighted by Gasteiger charge is -2.31. The molecule has 9 heteroatoms. The van der Waals surface area contributed by atoms with Crippen LogP contribution in [-0.2, 0) is 21.2 Å². The number of nitrogens with one attached hydrogen (secondary N) is 1. The number of hydrogen-bond acceptors (Lipinski definition) is 6. The van der Waals surface area contributed by atoms with Crippen LogP contribution in [0.2, 0.25) is 0 Å². The van der Waals surface area contributed by atoms with Crippen molar-refractivity contribution in [3.05, 3.63) is 29.7 Å². The Labute approximate surface area is 196 Å². The third kappa shape index (κ3) is 5.46. The van der Waals surface area contributed by atoms with E-state index in [9.17, 15) is 13.2 Å².